The van der Waals surface area contributed by atoms with Crippen molar-refractivity contribution in [1.29, 1.82) is 0 Å². The van der Waals surface area contributed by atoms with Crippen molar-refractivity contribution < 1.29 is 0 Å². The molecule has 0 amide bonds. The summed E-state index contributed by atoms with van der Waals surface area (Å²) in [7, 11) is 0. The van der Waals surface area contributed by atoms with E-state index in [2.05, 4.69) is 30.6 Å². The van der Waals surface area contributed by atoms with Gasteiger partial charge >= 0.3 is 0 Å². The third-order valence-corrected chi connectivity index (χ3v) is 2.55. The lowest BCUT2D eigenvalue weighted by molar-refractivity contribution is 0.850. The van der Waals surface area contributed by atoms with Gasteiger partial charge in [0.25, 0.3) is 0 Å². The first kappa shape index (κ1) is 10.7. The summed E-state index contributed by atoms with van der Waals surface area (Å²) in [5, 5.41) is 15.1. The van der Waals surface area contributed by atoms with Crippen molar-refractivity contribution in [2.45, 2.75) is 13.8 Å². The van der Waals surface area contributed by atoms with Crippen molar-refractivity contribution in [3.05, 3.63) is 24.2 Å². The number of anilines is 1. The van der Waals surface area contributed by atoms with E-state index in [-0.39, 0.29) is 0 Å². The van der Waals surface area contributed by atoms with Crippen molar-refractivity contribution in [2.75, 3.05) is 11.9 Å². The van der Waals surface area contributed by atoms with E-state index in [0.29, 0.717) is 11.6 Å². The zero-order chi connectivity index (χ0) is 12.5. The van der Waals surface area contributed by atoms with Crippen LogP contribution >= 0.6 is 0 Å². The Labute approximate surface area is 103 Å². The second-order valence-corrected chi connectivity index (χ2v) is 4.00. The van der Waals surface area contributed by atoms with E-state index < -0.39 is 0 Å². The van der Waals surface area contributed by atoms with Gasteiger partial charge in [0, 0.05) is 12.7 Å². The first-order valence-electron chi connectivity index (χ1n) is 5.74. The quantitative estimate of drug-likeness (QED) is 0.723. The predicted octanol–water partition coefficient (Wildman–Crippen LogP) is 1.28. The molecule has 92 valence electrons. The number of aromatic nitrogens is 6. The van der Waals surface area contributed by atoms with Gasteiger partial charge in [-0.15, -0.1) is 0 Å². The van der Waals surface area contributed by atoms with Crippen LogP contribution in [-0.2, 0) is 0 Å². The fraction of sp³-hybridized carbons (Fsp3) is 0.273. The molecule has 18 heavy (non-hydrogen) atoms. The summed E-state index contributed by atoms with van der Waals surface area (Å²) in [5.74, 6) is 1.29. The molecule has 3 rings (SSSR count). The largest absolute Gasteiger partial charge is 0.354 e. The summed E-state index contributed by atoms with van der Waals surface area (Å²) in [5.41, 5.74) is 1.78. The fourth-order valence-electron chi connectivity index (χ4n) is 1.76. The molecule has 0 aliphatic carbocycles. The van der Waals surface area contributed by atoms with Gasteiger partial charge in [0.1, 0.15) is 0 Å². The number of H-pyrrole nitrogens is 1. The Morgan fingerprint density at radius 1 is 1.33 bits per heavy atom. The van der Waals surface area contributed by atoms with Crippen molar-refractivity contribution in [3.63, 3.8) is 0 Å². The predicted molar refractivity (Wildman–Crippen MR) is 67.7 cm³/mol. The van der Waals surface area contributed by atoms with Crippen molar-refractivity contribution >= 4 is 17.0 Å². The van der Waals surface area contributed by atoms with E-state index in [4.69, 9.17) is 0 Å². The monoisotopic (exact) mass is 243 g/mol. The second-order valence-electron chi connectivity index (χ2n) is 4.00. The van der Waals surface area contributed by atoms with E-state index in [9.17, 15) is 0 Å². The Morgan fingerprint density at radius 3 is 2.94 bits per heavy atom. The average molecular weight is 243 g/mol. The smallest absolute Gasteiger partial charge is 0.226 e. The number of aromatic amines is 1. The highest BCUT2D eigenvalue weighted by Crippen LogP contribution is 2.18. The van der Waals surface area contributed by atoms with Crippen LogP contribution < -0.4 is 5.32 Å². The average Bonchev–Trinajstić information content (AvgIpc) is 2.97. The molecule has 0 atom stereocenters. The van der Waals surface area contributed by atoms with Crippen molar-refractivity contribution in [3.8, 4) is 5.82 Å². The van der Waals surface area contributed by atoms with Gasteiger partial charge in [0.2, 0.25) is 5.95 Å². The van der Waals surface area contributed by atoms with Crippen LogP contribution in [0.25, 0.3) is 16.9 Å². The van der Waals surface area contributed by atoms with E-state index in [1.54, 1.807) is 17.1 Å². The highest BCUT2D eigenvalue weighted by atomic mass is 15.3. The molecule has 0 spiro atoms. The number of aryl methyl sites for hydroxylation is 1. The first-order valence-corrected chi connectivity index (χ1v) is 5.74. The zero-order valence-corrected chi connectivity index (χ0v) is 10.2. The summed E-state index contributed by atoms with van der Waals surface area (Å²) < 4.78 is 1.73. The lowest BCUT2D eigenvalue weighted by Gasteiger charge is -2.05. The highest BCUT2D eigenvalue weighted by molar-refractivity contribution is 5.82. The lowest BCUT2D eigenvalue weighted by atomic mass is 10.4. The van der Waals surface area contributed by atoms with Gasteiger partial charge in [-0.1, -0.05) is 0 Å². The molecule has 0 saturated heterocycles. The van der Waals surface area contributed by atoms with Gasteiger partial charge in [-0.2, -0.15) is 20.2 Å². The van der Waals surface area contributed by atoms with Gasteiger partial charge in [-0.05, 0) is 19.4 Å². The normalized spacial score (nSPS) is 11.0. The van der Waals surface area contributed by atoms with Crippen LogP contribution in [0, 0.1) is 6.92 Å². The molecule has 0 aliphatic rings. The lowest BCUT2D eigenvalue weighted by Crippen LogP contribution is -2.06. The molecule has 2 N–H and O–H groups in total. The molecule has 0 aliphatic heterocycles. The minimum absolute atomic E-state index is 0.567. The fourth-order valence-corrected chi connectivity index (χ4v) is 1.76. The van der Waals surface area contributed by atoms with Gasteiger partial charge < -0.3 is 5.32 Å². The second kappa shape index (κ2) is 4.10. The van der Waals surface area contributed by atoms with Gasteiger partial charge in [0.05, 0.1) is 17.8 Å². The van der Waals surface area contributed by atoms with E-state index in [1.807, 2.05) is 20.0 Å². The molecular formula is C11H13N7. The standard InChI is InChI=1S/C11H13N7/c1-3-12-11-15-9-8(5-13-17-9)10(16-11)18-6-7(2)4-14-18/h4-6H,3H2,1-2H3,(H2,12,13,15,16,17). The minimum atomic E-state index is 0.567. The van der Waals surface area contributed by atoms with Gasteiger partial charge in [-0.3, -0.25) is 5.10 Å². The molecule has 3 heterocycles. The molecule has 0 radical (unpaired) electrons. The molecule has 7 nitrogen and oxygen atoms in total. The summed E-state index contributed by atoms with van der Waals surface area (Å²) in [6.07, 6.45) is 5.42. The number of fused-ring (bicyclic) bond motifs is 1. The molecule has 0 aromatic carbocycles. The van der Waals surface area contributed by atoms with Crippen LogP contribution in [0.2, 0.25) is 0 Å². The molecule has 7 heteroatoms. The van der Waals surface area contributed by atoms with Crippen LogP contribution in [0.3, 0.4) is 0 Å². The minimum Gasteiger partial charge on any atom is -0.354 e. The van der Waals surface area contributed by atoms with Crippen LogP contribution in [0.4, 0.5) is 5.95 Å². The summed E-state index contributed by atoms with van der Waals surface area (Å²) >= 11 is 0. The number of hydrogen-bond donors (Lipinski definition) is 2. The summed E-state index contributed by atoms with van der Waals surface area (Å²) in [6, 6.07) is 0. The molecule has 3 aromatic rings. The Bertz CT molecular complexity index is 682. The Hall–Kier alpha value is -2.44. The number of rotatable bonds is 3. The molecule has 0 saturated carbocycles. The van der Waals surface area contributed by atoms with Crippen LogP contribution in [0.15, 0.2) is 18.6 Å². The topological polar surface area (TPSA) is 84.3 Å². The van der Waals surface area contributed by atoms with E-state index in [0.717, 1.165) is 23.3 Å². The van der Waals surface area contributed by atoms with E-state index >= 15 is 0 Å². The number of nitrogens with one attached hydrogen (secondary N) is 2. The SMILES string of the molecule is CCNc1nc(-n2cc(C)cn2)c2cn[nH]c2n1. The number of nitrogens with zero attached hydrogens (tertiary/aromatic N) is 5. The highest BCUT2D eigenvalue weighted by Gasteiger charge is 2.11. The van der Waals surface area contributed by atoms with Crippen LogP contribution in [0.5, 0.6) is 0 Å². The molecule has 0 unspecified atom stereocenters. The van der Waals surface area contributed by atoms with Crippen LogP contribution in [0.1, 0.15) is 12.5 Å². The number of hydrogen-bond acceptors (Lipinski definition) is 5. The Balaban J connectivity index is 2.22. The molecule has 0 bridgehead atoms. The third-order valence-electron chi connectivity index (χ3n) is 2.55. The van der Waals surface area contributed by atoms with Crippen molar-refractivity contribution in [1.82, 2.24) is 29.9 Å². The maximum Gasteiger partial charge on any atom is 0.226 e. The first-order chi connectivity index (χ1) is 8.78. The zero-order valence-electron chi connectivity index (χ0n) is 10.2. The molecular weight excluding hydrogens is 230 g/mol. The third kappa shape index (κ3) is 1.69. The maximum absolute atomic E-state index is 4.46. The molecule has 0 fully saturated rings. The summed E-state index contributed by atoms with van der Waals surface area (Å²) in [4.78, 5) is 8.80. The molecule has 3 aromatic heterocycles. The Morgan fingerprint density at radius 2 is 2.22 bits per heavy atom. The summed E-state index contributed by atoms with van der Waals surface area (Å²) in [6.45, 7) is 4.75. The maximum atomic E-state index is 4.46. The van der Waals surface area contributed by atoms with Crippen LogP contribution in [-0.4, -0.2) is 36.5 Å². The Kier molecular flexibility index (Phi) is 2.44. The van der Waals surface area contributed by atoms with Crippen molar-refractivity contribution in [2.24, 2.45) is 0 Å². The van der Waals surface area contributed by atoms with Gasteiger partial charge in [0.15, 0.2) is 11.5 Å². The van der Waals surface area contributed by atoms with Gasteiger partial charge in [-0.25, -0.2) is 4.68 Å². The van der Waals surface area contributed by atoms with E-state index in [1.165, 1.54) is 0 Å².